The van der Waals surface area contributed by atoms with Crippen LogP contribution in [-0.4, -0.2) is 37.0 Å². The van der Waals surface area contributed by atoms with Gasteiger partial charge in [-0.2, -0.15) is 0 Å². The first kappa shape index (κ1) is 22.3. The molecule has 1 atom stereocenters. The highest BCUT2D eigenvalue weighted by Crippen LogP contribution is 2.26. The number of aryl methyl sites for hydroxylation is 4. The zero-order chi connectivity index (χ0) is 22.4. The Morgan fingerprint density at radius 1 is 1.03 bits per heavy atom. The Hall–Kier alpha value is -3.35. The van der Waals surface area contributed by atoms with E-state index in [1.807, 2.05) is 50.2 Å². The number of carbonyl (C=O) groups excluding carboxylic acids is 3. The average Bonchev–Trinajstić information content (AvgIpc) is 3.21. The summed E-state index contributed by atoms with van der Waals surface area (Å²) >= 11 is 0. The monoisotopic (exact) mass is 424 g/mol. The molecule has 1 aliphatic rings. The van der Waals surface area contributed by atoms with Crippen molar-refractivity contribution in [2.45, 2.75) is 46.1 Å². The molecule has 0 fully saturated rings. The van der Waals surface area contributed by atoms with Gasteiger partial charge >= 0.3 is 5.97 Å². The molecule has 1 aliphatic carbocycles. The van der Waals surface area contributed by atoms with Crippen molar-refractivity contribution in [2.75, 3.05) is 18.5 Å². The number of nitrogens with one attached hydrogen (secondary N) is 2. The first-order chi connectivity index (χ1) is 14.8. The van der Waals surface area contributed by atoms with Gasteiger partial charge in [-0.3, -0.25) is 9.59 Å². The van der Waals surface area contributed by atoms with Crippen LogP contribution < -0.4 is 15.4 Å². The van der Waals surface area contributed by atoms with Crippen LogP contribution in [0.5, 0.6) is 5.75 Å². The minimum absolute atomic E-state index is 0.222. The van der Waals surface area contributed by atoms with Gasteiger partial charge < -0.3 is 20.1 Å². The van der Waals surface area contributed by atoms with Crippen molar-refractivity contribution in [1.82, 2.24) is 5.32 Å². The van der Waals surface area contributed by atoms with Crippen LogP contribution in [0, 0.1) is 13.8 Å². The Kier molecular flexibility index (Phi) is 7.28. The van der Waals surface area contributed by atoms with E-state index in [1.165, 1.54) is 18.1 Å². The largest absolute Gasteiger partial charge is 0.482 e. The van der Waals surface area contributed by atoms with E-state index < -0.39 is 18.0 Å². The summed E-state index contributed by atoms with van der Waals surface area (Å²) in [5, 5.41) is 5.27. The number of amides is 2. The number of anilines is 1. The molecule has 164 valence electrons. The lowest BCUT2D eigenvalue weighted by Crippen LogP contribution is -2.40. The van der Waals surface area contributed by atoms with Crippen molar-refractivity contribution >= 4 is 23.5 Å². The van der Waals surface area contributed by atoms with E-state index in [9.17, 15) is 14.4 Å². The summed E-state index contributed by atoms with van der Waals surface area (Å²) in [5.41, 5.74) is 5.17. The van der Waals surface area contributed by atoms with E-state index in [0.29, 0.717) is 5.75 Å². The lowest BCUT2D eigenvalue weighted by Gasteiger charge is -2.15. The normalized spacial score (nSPS) is 13.1. The molecule has 0 aliphatic heterocycles. The molecule has 3 rings (SSSR count). The summed E-state index contributed by atoms with van der Waals surface area (Å²) in [6.07, 6.45) is 2.19. The fourth-order valence-corrected chi connectivity index (χ4v) is 3.57. The molecule has 0 bridgehead atoms. The van der Waals surface area contributed by atoms with Crippen molar-refractivity contribution in [3.8, 4) is 5.75 Å². The van der Waals surface area contributed by atoms with Crippen molar-refractivity contribution in [1.29, 1.82) is 0 Å². The SMILES string of the molecule is Cc1cccc(C)c1NC(=O)CNC(=O)[C@H](C)OC(=O)COc1ccc2c(c1)CCC2. The molecular weight excluding hydrogens is 396 g/mol. The highest BCUT2D eigenvalue weighted by atomic mass is 16.6. The van der Waals surface area contributed by atoms with E-state index in [2.05, 4.69) is 10.6 Å². The second kappa shape index (κ2) is 10.1. The van der Waals surface area contributed by atoms with Gasteiger partial charge in [-0.1, -0.05) is 24.3 Å². The zero-order valence-corrected chi connectivity index (χ0v) is 18.1. The molecule has 0 saturated carbocycles. The van der Waals surface area contributed by atoms with Crippen LogP contribution in [0.2, 0.25) is 0 Å². The van der Waals surface area contributed by atoms with Crippen LogP contribution in [0.25, 0.3) is 0 Å². The standard InChI is InChI=1S/C24H28N2O5/c1-15-6-4-7-16(2)23(15)26-21(27)13-25-24(29)17(3)31-22(28)14-30-20-11-10-18-8-5-9-19(18)12-20/h4,6-7,10-12,17H,5,8-9,13-14H2,1-3H3,(H,25,29)(H,26,27)/t17-/m0/s1. The molecule has 0 spiro atoms. The van der Waals surface area contributed by atoms with Gasteiger partial charge in [0.25, 0.3) is 5.91 Å². The van der Waals surface area contributed by atoms with Gasteiger partial charge in [0.05, 0.1) is 6.54 Å². The van der Waals surface area contributed by atoms with Gasteiger partial charge in [-0.15, -0.1) is 0 Å². The minimum atomic E-state index is -1.04. The quantitative estimate of drug-likeness (QED) is 0.636. The molecule has 2 aromatic rings. The molecule has 31 heavy (non-hydrogen) atoms. The number of hydrogen-bond donors (Lipinski definition) is 2. The lowest BCUT2D eigenvalue weighted by atomic mass is 10.1. The van der Waals surface area contributed by atoms with Crippen molar-refractivity contribution in [3.05, 3.63) is 58.7 Å². The molecule has 0 heterocycles. The first-order valence-corrected chi connectivity index (χ1v) is 10.4. The summed E-state index contributed by atoms with van der Waals surface area (Å²) in [7, 11) is 0. The van der Waals surface area contributed by atoms with Crippen LogP contribution in [-0.2, 0) is 32.0 Å². The predicted molar refractivity (Wildman–Crippen MR) is 117 cm³/mol. The third-order valence-corrected chi connectivity index (χ3v) is 5.27. The predicted octanol–water partition coefficient (Wildman–Crippen LogP) is 2.86. The maximum Gasteiger partial charge on any atom is 0.344 e. The molecule has 0 saturated heterocycles. The van der Waals surface area contributed by atoms with E-state index in [1.54, 1.807) is 0 Å². The molecule has 2 aromatic carbocycles. The maximum atomic E-state index is 12.2. The number of esters is 1. The third-order valence-electron chi connectivity index (χ3n) is 5.27. The fraction of sp³-hybridized carbons (Fsp3) is 0.375. The Bertz CT molecular complexity index is 966. The Balaban J connectivity index is 1.40. The summed E-state index contributed by atoms with van der Waals surface area (Å²) in [6.45, 7) is 4.73. The van der Waals surface area contributed by atoms with Gasteiger partial charge in [-0.25, -0.2) is 4.79 Å². The van der Waals surface area contributed by atoms with Crippen molar-refractivity contribution < 1.29 is 23.9 Å². The second-order valence-electron chi connectivity index (χ2n) is 7.74. The molecule has 0 aromatic heterocycles. The van der Waals surface area contributed by atoms with E-state index >= 15 is 0 Å². The van der Waals surface area contributed by atoms with E-state index in [4.69, 9.17) is 9.47 Å². The lowest BCUT2D eigenvalue weighted by molar-refractivity contribution is -0.156. The maximum absolute atomic E-state index is 12.2. The molecule has 2 N–H and O–H groups in total. The molecule has 2 amide bonds. The summed E-state index contributed by atoms with van der Waals surface area (Å²) in [5.74, 6) is -0.951. The smallest absolute Gasteiger partial charge is 0.344 e. The van der Waals surface area contributed by atoms with Gasteiger partial charge in [0.2, 0.25) is 5.91 Å². The Morgan fingerprint density at radius 3 is 2.48 bits per heavy atom. The van der Waals surface area contributed by atoms with E-state index in [-0.39, 0.29) is 19.1 Å². The molecule has 0 radical (unpaired) electrons. The zero-order valence-electron chi connectivity index (χ0n) is 18.1. The van der Waals surface area contributed by atoms with E-state index in [0.717, 1.165) is 36.1 Å². The fourth-order valence-electron chi connectivity index (χ4n) is 3.57. The number of hydrogen-bond acceptors (Lipinski definition) is 5. The number of rotatable bonds is 8. The summed E-state index contributed by atoms with van der Waals surface area (Å²) in [6, 6.07) is 11.5. The number of fused-ring (bicyclic) bond motifs is 1. The molecule has 7 heteroatoms. The number of para-hydroxylation sites is 1. The van der Waals surface area contributed by atoms with Crippen LogP contribution in [0.4, 0.5) is 5.69 Å². The minimum Gasteiger partial charge on any atom is -0.482 e. The second-order valence-corrected chi connectivity index (χ2v) is 7.74. The van der Waals surface area contributed by atoms with Gasteiger partial charge in [0.1, 0.15) is 5.75 Å². The van der Waals surface area contributed by atoms with Gasteiger partial charge in [0.15, 0.2) is 12.7 Å². The third kappa shape index (κ3) is 6.07. The highest BCUT2D eigenvalue weighted by Gasteiger charge is 2.19. The number of carbonyl (C=O) groups is 3. The molecular formula is C24H28N2O5. The van der Waals surface area contributed by atoms with Crippen LogP contribution >= 0.6 is 0 Å². The Labute approximate surface area is 182 Å². The summed E-state index contributed by atoms with van der Waals surface area (Å²) in [4.78, 5) is 36.3. The number of ether oxygens (including phenoxy) is 2. The highest BCUT2D eigenvalue weighted by molar-refractivity contribution is 5.96. The van der Waals surface area contributed by atoms with Crippen LogP contribution in [0.1, 0.15) is 35.6 Å². The first-order valence-electron chi connectivity index (χ1n) is 10.4. The topological polar surface area (TPSA) is 93.7 Å². The number of benzene rings is 2. The van der Waals surface area contributed by atoms with Crippen molar-refractivity contribution in [2.24, 2.45) is 0 Å². The van der Waals surface area contributed by atoms with Crippen molar-refractivity contribution in [3.63, 3.8) is 0 Å². The molecule has 0 unspecified atom stereocenters. The Morgan fingerprint density at radius 2 is 1.74 bits per heavy atom. The van der Waals surface area contributed by atoms with Gasteiger partial charge in [-0.05, 0) is 74.4 Å². The van der Waals surface area contributed by atoms with Crippen LogP contribution in [0.15, 0.2) is 36.4 Å². The average molecular weight is 424 g/mol. The summed E-state index contributed by atoms with van der Waals surface area (Å²) < 4.78 is 10.6. The van der Waals surface area contributed by atoms with Gasteiger partial charge in [0, 0.05) is 5.69 Å². The van der Waals surface area contributed by atoms with Crippen LogP contribution in [0.3, 0.4) is 0 Å². The molecule has 7 nitrogen and oxygen atoms in total.